The highest BCUT2D eigenvalue weighted by molar-refractivity contribution is 5.90. The van der Waals surface area contributed by atoms with Crippen LogP contribution in [0.2, 0.25) is 0 Å². The average molecular weight is 287 g/mol. The molecule has 0 aromatic heterocycles. The first kappa shape index (κ1) is 15.3. The first-order chi connectivity index (χ1) is 10.0. The van der Waals surface area contributed by atoms with Crippen molar-refractivity contribution < 1.29 is 14.6 Å². The summed E-state index contributed by atoms with van der Waals surface area (Å²) in [4.78, 5) is 11.9. The molecule has 2 aromatic carbocycles. The molecule has 2 atom stereocenters. The van der Waals surface area contributed by atoms with Gasteiger partial charge in [0.2, 0.25) is 0 Å². The van der Waals surface area contributed by atoms with E-state index in [2.05, 4.69) is 5.32 Å². The third-order valence-corrected chi connectivity index (χ3v) is 3.38. The number of aliphatic hydroxyl groups excluding tert-OH is 1. The summed E-state index contributed by atoms with van der Waals surface area (Å²) in [6, 6.07) is 11.6. The molecule has 1 unspecified atom stereocenters. The molecule has 0 saturated carbocycles. The van der Waals surface area contributed by atoms with E-state index in [1.54, 1.807) is 13.8 Å². The van der Waals surface area contributed by atoms with Gasteiger partial charge in [0.1, 0.15) is 5.75 Å². The minimum atomic E-state index is -0.661. The Morgan fingerprint density at radius 2 is 1.95 bits per heavy atom. The van der Waals surface area contributed by atoms with Crippen molar-refractivity contribution in [2.45, 2.75) is 33.0 Å². The van der Waals surface area contributed by atoms with Gasteiger partial charge in [-0.15, -0.1) is 0 Å². The van der Waals surface area contributed by atoms with E-state index in [1.807, 2.05) is 43.3 Å². The number of rotatable bonds is 5. The van der Waals surface area contributed by atoms with Crippen LogP contribution in [0.3, 0.4) is 0 Å². The van der Waals surface area contributed by atoms with Gasteiger partial charge >= 0.3 is 0 Å². The Morgan fingerprint density at radius 1 is 1.24 bits per heavy atom. The summed E-state index contributed by atoms with van der Waals surface area (Å²) in [6.07, 6.45) is -1.28. The fourth-order valence-corrected chi connectivity index (χ4v) is 2.27. The third-order valence-electron chi connectivity index (χ3n) is 3.38. The van der Waals surface area contributed by atoms with Gasteiger partial charge in [0, 0.05) is 17.5 Å². The third kappa shape index (κ3) is 3.34. The number of likely N-dealkylation sites (N-methyl/N-ethyl adjacent to an activating group) is 1. The van der Waals surface area contributed by atoms with Crippen LogP contribution in [-0.2, 0) is 4.79 Å². The summed E-state index contributed by atoms with van der Waals surface area (Å²) < 4.78 is 5.86. The van der Waals surface area contributed by atoms with Gasteiger partial charge in [0.05, 0.1) is 6.10 Å². The second-order valence-corrected chi connectivity index (χ2v) is 5.04. The van der Waals surface area contributed by atoms with E-state index in [0.29, 0.717) is 17.9 Å². The van der Waals surface area contributed by atoms with E-state index in [9.17, 15) is 9.90 Å². The Hall–Kier alpha value is -2.07. The van der Waals surface area contributed by atoms with Crippen molar-refractivity contribution in [3.63, 3.8) is 0 Å². The molecule has 0 spiro atoms. The minimum absolute atomic E-state index is 0.165. The zero-order valence-electron chi connectivity index (χ0n) is 12.6. The number of carbonyl (C=O) groups excluding carboxylic acids is 1. The lowest BCUT2D eigenvalue weighted by molar-refractivity contribution is -0.127. The van der Waals surface area contributed by atoms with Crippen LogP contribution in [0, 0.1) is 0 Å². The normalized spacial score (nSPS) is 13.7. The SMILES string of the molecule is CCNC(=O)C(C)Oc1c([C@H](C)O)ccc2ccccc12. The molecular weight excluding hydrogens is 266 g/mol. The number of fused-ring (bicyclic) bond motifs is 1. The molecule has 0 heterocycles. The van der Waals surface area contributed by atoms with Gasteiger partial charge in [0.25, 0.3) is 5.91 Å². The van der Waals surface area contributed by atoms with E-state index in [0.717, 1.165) is 10.8 Å². The molecule has 0 aliphatic carbocycles. The fourth-order valence-electron chi connectivity index (χ4n) is 2.27. The second kappa shape index (κ2) is 6.59. The van der Waals surface area contributed by atoms with Crippen LogP contribution >= 0.6 is 0 Å². The fraction of sp³-hybridized carbons (Fsp3) is 0.353. The number of amides is 1. The van der Waals surface area contributed by atoms with Crippen LogP contribution < -0.4 is 10.1 Å². The average Bonchev–Trinajstić information content (AvgIpc) is 2.47. The predicted molar refractivity (Wildman–Crippen MR) is 83.4 cm³/mol. The van der Waals surface area contributed by atoms with E-state index in [1.165, 1.54) is 0 Å². The van der Waals surface area contributed by atoms with Crippen LogP contribution in [0.1, 0.15) is 32.4 Å². The number of nitrogens with one attached hydrogen (secondary N) is 1. The number of aliphatic hydroxyl groups is 1. The maximum Gasteiger partial charge on any atom is 0.260 e. The Labute approximate surface area is 124 Å². The Morgan fingerprint density at radius 3 is 2.62 bits per heavy atom. The maximum absolute atomic E-state index is 11.9. The van der Waals surface area contributed by atoms with Gasteiger partial charge < -0.3 is 15.2 Å². The molecule has 1 amide bonds. The number of hydrogen-bond donors (Lipinski definition) is 2. The lowest BCUT2D eigenvalue weighted by Gasteiger charge is -2.20. The number of hydrogen-bond acceptors (Lipinski definition) is 3. The molecule has 2 aromatic rings. The van der Waals surface area contributed by atoms with Crippen molar-refractivity contribution in [1.82, 2.24) is 5.32 Å². The lowest BCUT2D eigenvalue weighted by atomic mass is 10.0. The monoisotopic (exact) mass is 287 g/mol. The minimum Gasteiger partial charge on any atom is -0.480 e. The predicted octanol–water partition coefficient (Wildman–Crippen LogP) is 2.80. The number of ether oxygens (including phenoxy) is 1. The molecule has 0 aliphatic heterocycles. The Kier molecular flexibility index (Phi) is 4.81. The van der Waals surface area contributed by atoms with Gasteiger partial charge in [-0.2, -0.15) is 0 Å². The second-order valence-electron chi connectivity index (χ2n) is 5.04. The largest absolute Gasteiger partial charge is 0.480 e. The van der Waals surface area contributed by atoms with Crippen LogP contribution in [-0.4, -0.2) is 23.7 Å². The van der Waals surface area contributed by atoms with Gasteiger partial charge in [-0.3, -0.25) is 4.79 Å². The molecule has 4 nitrogen and oxygen atoms in total. The first-order valence-corrected chi connectivity index (χ1v) is 7.18. The summed E-state index contributed by atoms with van der Waals surface area (Å²) in [7, 11) is 0. The topological polar surface area (TPSA) is 58.6 Å². The molecule has 2 N–H and O–H groups in total. The molecule has 21 heavy (non-hydrogen) atoms. The molecule has 0 aliphatic rings. The quantitative estimate of drug-likeness (QED) is 0.889. The molecule has 0 fully saturated rings. The molecule has 4 heteroatoms. The van der Waals surface area contributed by atoms with Crippen LogP contribution in [0.5, 0.6) is 5.75 Å². The van der Waals surface area contributed by atoms with Crippen LogP contribution in [0.15, 0.2) is 36.4 Å². The maximum atomic E-state index is 11.9. The van der Waals surface area contributed by atoms with Crippen LogP contribution in [0.4, 0.5) is 0 Å². The van der Waals surface area contributed by atoms with Crippen molar-refractivity contribution >= 4 is 16.7 Å². The van der Waals surface area contributed by atoms with E-state index in [-0.39, 0.29) is 5.91 Å². The van der Waals surface area contributed by atoms with Crippen molar-refractivity contribution in [3.05, 3.63) is 42.0 Å². The van der Waals surface area contributed by atoms with Gasteiger partial charge in [-0.25, -0.2) is 0 Å². The van der Waals surface area contributed by atoms with Crippen molar-refractivity contribution in [2.24, 2.45) is 0 Å². The summed E-state index contributed by atoms with van der Waals surface area (Å²) in [5.41, 5.74) is 0.685. The van der Waals surface area contributed by atoms with Crippen molar-refractivity contribution in [1.29, 1.82) is 0 Å². The first-order valence-electron chi connectivity index (χ1n) is 7.18. The van der Waals surface area contributed by atoms with E-state index >= 15 is 0 Å². The molecule has 0 bridgehead atoms. The van der Waals surface area contributed by atoms with E-state index < -0.39 is 12.2 Å². The highest BCUT2D eigenvalue weighted by Crippen LogP contribution is 2.34. The number of benzene rings is 2. The zero-order chi connectivity index (χ0) is 15.4. The van der Waals surface area contributed by atoms with Gasteiger partial charge in [-0.05, 0) is 26.2 Å². The summed E-state index contributed by atoms with van der Waals surface area (Å²) >= 11 is 0. The summed E-state index contributed by atoms with van der Waals surface area (Å²) in [6.45, 7) is 5.82. The Balaban J connectivity index is 2.44. The van der Waals surface area contributed by atoms with Gasteiger partial charge in [-0.1, -0.05) is 36.4 Å². The van der Waals surface area contributed by atoms with Gasteiger partial charge in [0.15, 0.2) is 6.10 Å². The van der Waals surface area contributed by atoms with Crippen molar-refractivity contribution in [3.8, 4) is 5.75 Å². The molecule has 2 rings (SSSR count). The van der Waals surface area contributed by atoms with Crippen molar-refractivity contribution in [2.75, 3.05) is 6.54 Å². The molecule has 112 valence electrons. The molecular formula is C17H21NO3. The highest BCUT2D eigenvalue weighted by atomic mass is 16.5. The Bertz CT molecular complexity index is 637. The standard InChI is InChI=1S/C17H21NO3/c1-4-18-17(20)12(3)21-16-14(11(2)19)10-9-13-7-5-6-8-15(13)16/h5-12,19H,4H2,1-3H3,(H,18,20)/t11-,12?/m0/s1. The molecule has 0 radical (unpaired) electrons. The number of carbonyl (C=O) groups is 1. The summed E-state index contributed by atoms with van der Waals surface area (Å²) in [5.74, 6) is 0.406. The molecule has 0 saturated heterocycles. The van der Waals surface area contributed by atoms with E-state index in [4.69, 9.17) is 4.74 Å². The smallest absolute Gasteiger partial charge is 0.260 e. The van der Waals surface area contributed by atoms with Crippen LogP contribution in [0.25, 0.3) is 10.8 Å². The zero-order valence-corrected chi connectivity index (χ0v) is 12.6. The highest BCUT2D eigenvalue weighted by Gasteiger charge is 2.19. The lowest BCUT2D eigenvalue weighted by Crippen LogP contribution is -2.36. The summed E-state index contributed by atoms with van der Waals surface area (Å²) in [5, 5.41) is 14.6.